The number of nitrogens with zero attached hydrogens (tertiary/aromatic N) is 7. The second-order valence-electron chi connectivity index (χ2n) is 8.37. The van der Waals surface area contributed by atoms with E-state index in [9.17, 15) is 10.1 Å². The van der Waals surface area contributed by atoms with Crippen LogP contribution in [0.4, 0.5) is 23.5 Å². The van der Waals surface area contributed by atoms with E-state index in [1.165, 1.54) is 24.0 Å². The number of morpholine rings is 2. The summed E-state index contributed by atoms with van der Waals surface area (Å²) in [7, 11) is 0. The van der Waals surface area contributed by atoms with Gasteiger partial charge in [0, 0.05) is 47.7 Å². The van der Waals surface area contributed by atoms with Crippen molar-refractivity contribution in [1.29, 1.82) is 0 Å². The lowest BCUT2D eigenvalue weighted by Crippen LogP contribution is -2.40. The van der Waals surface area contributed by atoms with Gasteiger partial charge < -0.3 is 19.3 Å². The molecule has 1 N–H and O–H groups in total. The van der Waals surface area contributed by atoms with Gasteiger partial charge in [-0.1, -0.05) is 29.4 Å². The van der Waals surface area contributed by atoms with Gasteiger partial charge >= 0.3 is 0 Å². The fourth-order valence-corrected chi connectivity index (χ4v) is 4.88. The van der Waals surface area contributed by atoms with Crippen molar-refractivity contribution in [1.82, 2.24) is 15.0 Å². The molecule has 0 unspecified atom stereocenters. The number of anilines is 3. The van der Waals surface area contributed by atoms with E-state index in [2.05, 4.69) is 25.5 Å². The van der Waals surface area contributed by atoms with Crippen molar-refractivity contribution in [2.75, 3.05) is 67.8 Å². The summed E-state index contributed by atoms with van der Waals surface area (Å²) in [6.45, 7) is 5.13. The number of nitrogens with one attached hydrogen (secondary N) is 1. The molecule has 0 atom stereocenters. The van der Waals surface area contributed by atoms with Crippen LogP contribution in [0.15, 0.2) is 57.4 Å². The highest BCUT2D eigenvalue weighted by molar-refractivity contribution is 7.99. The van der Waals surface area contributed by atoms with Crippen LogP contribution < -0.4 is 15.2 Å². The summed E-state index contributed by atoms with van der Waals surface area (Å²) in [6.07, 6.45) is 1.50. The van der Waals surface area contributed by atoms with Crippen LogP contribution in [0.1, 0.15) is 5.56 Å². The number of hydrogen-bond acceptors (Lipinski definition) is 12. The predicted octanol–water partition coefficient (Wildman–Crippen LogP) is 3.70. The third-order valence-electron chi connectivity index (χ3n) is 5.80. The van der Waals surface area contributed by atoms with E-state index in [4.69, 9.17) is 21.1 Å². The number of nitro benzene ring substituents is 1. The Kier molecular flexibility index (Phi) is 8.48. The molecule has 12 nitrogen and oxygen atoms in total. The topological polar surface area (TPSA) is 131 Å². The molecule has 5 rings (SSSR count). The van der Waals surface area contributed by atoms with Crippen molar-refractivity contribution in [3.63, 3.8) is 0 Å². The van der Waals surface area contributed by atoms with Crippen LogP contribution in [0.5, 0.6) is 0 Å². The number of benzene rings is 2. The van der Waals surface area contributed by atoms with Gasteiger partial charge in [-0.25, -0.2) is 5.43 Å². The normalized spacial score (nSPS) is 16.1. The molecule has 2 aromatic carbocycles. The van der Waals surface area contributed by atoms with E-state index in [-0.39, 0.29) is 11.6 Å². The molecule has 0 saturated carbocycles. The van der Waals surface area contributed by atoms with Gasteiger partial charge in [-0.15, -0.1) is 0 Å². The second-order valence-corrected chi connectivity index (χ2v) is 9.92. The van der Waals surface area contributed by atoms with Crippen molar-refractivity contribution in [3.8, 4) is 0 Å². The van der Waals surface area contributed by atoms with Crippen molar-refractivity contribution in [2.45, 2.75) is 9.79 Å². The molecule has 0 aliphatic carbocycles. The first-order chi connectivity index (χ1) is 18.5. The molecular weight excluding hydrogens is 532 g/mol. The number of aromatic nitrogens is 3. The zero-order valence-corrected chi connectivity index (χ0v) is 21.9. The van der Waals surface area contributed by atoms with Crippen LogP contribution in [0.3, 0.4) is 0 Å². The first kappa shape index (κ1) is 26.1. The summed E-state index contributed by atoms with van der Waals surface area (Å²) >= 11 is 7.24. The maximum absolute atomic E-state index is 11.7. The Labute approximate surface area is 228 Å². The van der Waals surface area contributed by atoms with Crippen LogP contribution in [-0.4, -0.2) is 78.7 Å². The van der Waals surface area contributed by atoms with E-state index in [1.807, 2.05) is 21.9 Å². The third-order valence-corrected chi connectivity index (χ3v) is 7.12. The molecule has 3 aromatic rings. The summed E-state index contributed by atoms with van der Waals surface area (Å²) in [6, 6.07) is 12.1. The Bertz CT molecular complexity index is 1260. The average molecular weight is 557 g/mol. The number of ether oxygens (including phenoxy) is 2. The van der Waals surface area contributed by atoms with E-state index in [0.29, 0.717) is 80.0 Å². The highest BCUT2D eigenvalue weighted by atomic mass is 35.5. The SMILES string of the molecule is O=[N+]([O-])c1cc(C=NNc2nc(N3CCOCC3)nc(N3CCOCC3)n2)ccc1Sc1ccc(Cl)cc1. The molecule has 0 radical (unpaired) electrons. The number of rotatable bonds is 8. The first-order valence-corrected chi connectivity index (χ1v) is 13.2. The largest absolute Gasteiger partial charge is 0.378 e. The van der Waals surface area contributed by atoms with Gasteiger partial charge in [0.05, 0.1) is 42.5 Å². The molecular formula is C24H25ClN8O4S. The summed E-state index contributed by atoms with van der Waals surface area (Å²) in [5.41, 5.74) is 3.40. The highest BCUT2D eigenvalue weighted by Gasteiger charge is 2.21. The van der Waals surface area contributed by atoms with Crippen LogP contribution in [0.2, 0.25) is 5.02 Å². The smallest absolute Gasteiger partial charge is 0.283 e. The highest BCUT2D eigenvalue weighted by Crippen LogP contribution is 2.35. The molecule has 0 bridgehead atoms. The molecule has 2 saturated heterocycles. The van der Waals surface area contributed by atoms with Crippen LogP contribution in [-0.2, 0) is 9.47 Å². The minimum Gasteiger partial charge on any atom is -0.378 e. The predicted molar refractivity (Wildman–Crippen MR) is 146 cm³/mol. The monoisotopic (exact) mass is 556 g/mol. The molecule has 0 spiro atoms. The molecule has 198 valence electrons. The number of hydrogen-bond donors (Lipinski definition) is 1. The maximum Gasteiger partial charge on any atom is 0.283 e. The summed E-state index contributed by atoms with van der Waals surface area (Å²) in [5.74, 6) is 1.37. The van der Waals surface area contributed by atoms with Gasteiger partial charge in [-0.2, -0.15) is 20.1 Å². The minimum atomic E-state index is -0.405. The van der Waals surface area contributed by atoms with Crippen LogP contribution >= 0.6 is 23.4 Å². The van der Waals surface area contributed by atoms with Gasteiger partial charge in [0.2, 0.25) is 17.8 Å². The number of halogens is 1. The van der Waals surface area contributed by atoms with Crippen molar-refractivity contribution in [3.05, 3.63) is 63.2 Å². The molecule has 1 aromatic heterocycles. The van der Waals surface area contributed by atoms with Gasteiger partial charge in [-0.3, -0.25) is 10.1 Å². The van der Waals surface area contributed by atoms with E-state index in [1.54, 1.807) is 24.3 Å². The van der Waals surface area contributed by atoms with Gasteiger partial charge in [0.25, 0.3) is 5.69 Å². The molecule has 0 amide bonds. The minimum absolute atomic E-state index is 0.0155. The summed E-state index contributed by atoms with van der Waals surface area (Å²) in [5, 5.41) is 16.6. The Morgan fingerprint density at radius 1 is 0.947 bits per heavy atom. The molecule has 2 aliphatic heterocycles. The molecule has 2 aliphatic rings. The maximum atomic E-state index is 11.7. The Hall–Kier alpha value is -3.52. The Morgan fingerprint density at radius 3 is 2.13 bits per heavy atom. The van der Waals surface area contributed by atoms with Crippen LogP contribution in [0.25, 0.3) is 0 Å². The fraction of sp³-hybridized carbons (Fsp3) is 0.333. The standard InChI is InChI=1S/C24H25ClN8O4S/c25-18-2-4-19(5-3-18)38-21-6-1-17(15-20(21)33(34)35)16-26-30-22-27-23(31-7-11-36-12-8-31)29-24(28-22)32-9-13-37-14-10-32/h1-6,15-16H,7-14H2,(H,27,28,29,30). The summed E-state index contributed by atoms with van der Waals surface area (Å²) in [4.78, 5) is 30.6. The average Bonchev–Trinajstić information content (AvgIpc) is 2.95. The zero-order chi connectivity index (χ0) is 26.3. The van der Waals surface area contributed by atoms with Crippen molar-refractivity contribution >= 4 is 53.1 Å². The van der Waals surface area contributed by atoms with Gasteiger partial charge in [0.15, 0.2) is 0 Å². The lowest BCUT2D eigenvalue weighted by molar-refractivity contribution is -0.387. The lowest BCUT2D eigenvalue weighted by Gasteiger charge is -2.30. The van der Waals surface area contributed by atoms with Crippen LogP contribution in [0, 0.1) is 10.1 Å². The van der Waals surface area contributed by atoms with Gasteiger partial charge in [-0.05, 0) is 30.3 Å². The Morgan fingerprint density at radius 2 is 1.55 bits per heavy atom. The lowest BCUT2D eigenvalue weighted by atomic mass is 10.2. The molecule has 2 fully saturated rings. The summed E-state index contributed by atoms with van der Waals surface area (Å²) < 4.78 is 10.9. The fourth-order valence-electron chi connectivity index (χ4n) is 3.85. The quantitative estimate of drug-likeness (QED) is 0.247. The van der Waals surface area contributed by atoms with E-state index < -0.39 is 4.92 Å². The number of nitro groups is 1. The molecule has 14 heteroatoms. The van der Waals surface area contributed by atoms with E-state index in [0.717, 1.165) is 4.90 Å². The molecule has 3 heterocycles. The molecule has 38 heavy (non-hydrogen) atoms. The first-order valence-electron chi connectivity index (χ1n) is 12.0. The Balaban J connectivity index is 1.34. The number of hydrazone groups is 1. The second kappa shape index (κ2) is 12.3. The third kappa shape index (κ3) is 6.67. The van der Waals surface area contributed by atoms with Gasteiger partial charge in [0.1, 0.15) is 0 Å². The van der Waals surface area contributed by atoms with Crippen molar-refractivity contribution in [2.24, 2.45) is 5.10 Å². The van der Waals surface area contributed by atoms with E-state index >= 15 is 0 Å². The zero-order valence-electron chi connectivity index (χ0n) is 20.3. The van der Waals surface area contributed by atoms with Crippen molar-refractivity contribution < 1.29 is 14.4 Å².